The Morgan fingerprint density at radius 1 is 1.18 bits per heavy atom. The molecule has 8 nitrogen and oxygen atoms in total. The lowest BCUT2D eigenvalue weighted by Gasteiger charge is -2.21. The van der Waals surface area contributed by atoms with Gasteiger partial charge in [0.15, 0.2) is 5.76 Å². The third-order valence-corrected chi connectivity index (χ3v) is 4.50. The van der Waals surface area contributed by atoms with E-state index in [0.29, 0.717) is 11.4 Å². The number of amides is 1. The van der Waals surface area contributed by atoms with Crippen molar-refractivity contribution in [3.05, 3.63) is 48.2 Å². The van der Waals surface area contributed by atoms with Gasteiger partial charge in [0.2, 0.25) is 5.91 Å². The average molecular weight is 401 g/mol. The van der Waals surface area contributed by atoms with Crippen LogP contribution in [0.4, 0.5) is 5.69 Å². The fourth-order valence-electron chi connectivity index (χ4n) is 2.35. The maximum atomic E-state index is 12.8. The molecule has 2 aromatic heterocycles. The highest BCUT2D eigenvalue weighted by Gasteiger charge is 2.21. The molecule has 1 aromatic carbocycles. The van der Waals surface area contributed by atoms with Gasteiger partial charge in [0.25, 0.3) is 11.1 Å². The highest BCUT2D eigenvalue weighted by atomic mass is 32.2. The second-order valence-corrected chi connectivity index (χ2v) is 6.69. The van der Waals surface area contributed by atoms with Crippen LogP contribution in [0.25, 0.3) is 11.7 Å². The SMILES string of the molecule is CCOC(=O)CN(C(=O)CSc1nnc(-c2ccco2)o1)c1ccc(C)cc1. The molecule has 0 N–H and O–H groups in total. The molecule has 0 bridgehead atoms. The maximum Gasteiger partial charge on any atom is 0.326 e. The second kappa shape index (κ2) is 9.23. The van der Waals surface area contributed by atoms with Crippen molar-refractivity contribution < 1.29 is 23.2 Å². The van der Waals surface area contributed by atoms with E-state index in [1.165, 1.54) is 11.2 Å². The third-order valence-electron chi connectivity index (χ3n) is 3.70. The molecule has 9 heteroatoms. The molecule has 0 saturated carbocycles. The van der Waals surface area contributed by atoms with Gasteiger partial charge in [-0.3, -0.25) is 9.59 Å². The minimum absolute atomic E-state index is 0.0209. The highest BCUT2D eigenvalue weighted by molar-refractivity contribution is 7.99. The maximum absolute atomic E-state index is 12.8. The number of nitrogens with zero attached hydrogens (tertiary/aromatic N) is 3. The zero-order valence-corrected chi connectivity index (χ0v) is 16.3. The molecule has 0 aliphatic heterocycles. The Bertz CT molecular complexity index is 921. The third kappa shape index (κ3) is 5.01. The number of aromatic nitrogens is 2. The average Bonchev–Trinajstić information content (AvgIpc) is 3.37. The first-order valence-corrected chi connectivity index (χ1v) is 9.58. The monoisotopic (exact) mass is 401 g/mol. The van der Waals surface area contributed by atoms with Crippen LogP contribution in [0.2, 0.25) is 0 Å². The zero-order chi connectivity index (χ0) is 19.9. The standard InChI is InChI=1S/C19H19N3O5S/c1-3-25-17(24)11-22(14-8-6-13(2)7-9-14)16(23)12-28-19-21-20-18(27-19)15-5-4-10-26-15/h4-10H,3,11-12H2,1-2H3. The van der Waals surface area contributed by atoms with Crippen LogP contribution >= 0.6 is 11.8 Å². The van der Waals surface area contributed by atoms with E-state index in [-0.39, 0.29) is 35.9 Å². The van der Waals surface area contributed by atoms with Gasteiger partial charge in [-0.25, -0.2) is 0 Å². The van der Waals surface area contributed by atoms with Gasteiger partial charge >= 0.3 is 5.97 Å². The highest BCUT2D eigenvalue weighted by Crippen LogP contribution is 2.24. The number of anilines is 1. The van der Waals surface area contributed by atoms with Gasteiger partial charge in [-0.05, 0) is 38.1 Å². The van der Waals surface area contributed by atoms with Crippen LogP contribution in [0.1, 0.15) is 12.5 Å². The van der Waals surface area contributed by atoms with Gasteiger partial charge in [-0.1, -0.05) is 29.5 Å². The smallest absolute Gasteiger partial charge is 0.326 e. The van der Waals surface area contributed by atoms with Crippen molar-refractivity contribution in [2.45, 2.75) is 19.1 Å². The lowest BCUT2D eigenvalue weighted by atomic mass is 10.2. The summed E-state index contributed by atoms with van der Waals surface area (Å²) in [7, 11) is 0. The van der Waals surface area contributed by atoms with Gasteiger partial charge < -0.3 is 18.5 Å². The van der Waals surface area contributed by atoms with Crippen LogP contribution in [0.15, 0.2) is 56.7 Å². The van der Waals surface area contributed by atoms with Crippen LogP contribution < -0.4 is 4.90 Å². The number of thioether (sulfide) groups is 1. The molecule has 2 heterocycles. The number of carbonyl (C=O) groups is 2. The van der Waals surface area contributed by atoms with Gasteiger partial charge in [-0.2, -0.15) is 0 Å². The summed E-state index contributed by atoms with van der Waals surface area (Å²) in [6, 6.07) is 10.7. The molecule has 0 unspecified atom stereocenters. The minimum Gasteiger partial charge on any atom is -0.465 e. The first-order chi connectivity index (χ1) is 13.6. The number of furan rings is 1. The van der Waals surface area contributed by atoms with E-state index in [1.54, 1.807) is 31.2 Å². The lowest BCUT2D eigenvalue weighted by Crippen LogP contribution is -2.37. The van der Waals surface area contributed by atoms with Crippen molar-refractivity contribution in [2.24, 2.45) is 0 Å². The van der Waals surface area contributed by atoms with Crippen LogP contribution in [0.5, 0.6) is 0 Å². The first-order valence-electron chi connectivity index (χ1n) is 8.59. The molecule has 0 radical (unpaired) electrons. The fourth-order valence-corrected chi connectivity index (χ4v) is 2.99. The summed E-state index contributed by atoms with van der Waals surface area (Å²) in [5.74, 6) is -0.0392. The summed E-state index contributed by atoms with van der Waals surface area (Å²) in [6.07, 6.45) is 1.50. The van der Waals surface area contributed by atoms with Crippen molar-refractivity contribution in [3.8, 4) is 11.7 Å². The summed E-state index contributed by atoms with van der Waals surface area (Å²) in [6.45, 7) is 3.75. The zero-order valence-electron chi connectivity index (χ0n) is 15.5. The Labute approximate surface area is 165 Å². The minimum atomic E-state index is -0.473. The van der Waals surface area contributed by atoms with Gasteiger partial charge in [0, 0.05) is 5.69 Å². The summed E-state index contributed by atoms with van der Waals surface area (Å²) in [4.78, 5) is 26.1. The molecule has 3 aromatic rings. The number of rotatable bonds is 8. The first kappa shape index (κ1) is 19.7. The molecule has 0 saturated heterocycles. The van der Waals surface area contributed by atoms with Gasteiger partial charge in [0.05, 0.1) is 18.6 Å². The molecule has 0 fully saturated rings. The summed E-state index contributed by atoms with van der Waals surface area (Å²) in [5, 5.41) is 8.03. The Balaban J connectivity index is 1.68. The fraction of sp³-hybridized carbons (Fsp3) is 0.263. The summed E-state index contributed by atoms with van der Waals surface area (Å²) < 4.78 is 15.7. The number of ether oxygens (including phenoxy) is 1. The van der Waals surface area contributed by atoms with Crippen LogP contribution in [-0.4, -0.2) is 41.0 Å². The number of carbonyl (C=O) groups excluding carboxylic acids is 2. The largest absolute Gasteiger partial charge is 0.465 e. The molecule has 0 aliphatic carbocycles. The van der Waals surface area contributed by atoms with Crippen molar-refractivity contribution in [1.29, 1.82) is 0 Å². The van der Waals surface area contributed by atoms with Crippen LogP contribution in [0.3, 0.4) is 0 Å². The van der Waals surface area contributed by atoms with E-state index in [2.05, 4.69) is 10.2 Å². The van der Waals surface area contributed by atoms with Gasteiger partial charge in [0.1, 0.15) is 6.54 Å². The molecule has 0 spiro atoms. The van der Waals surface area contributed by atoms with E-state index in [9.17, 15) is 9.59 Å². The summed E-state index contributed by atoms with van der Waals surface area (Å²) >= 11 is 1.09. The quantitative estimate of drug-likeness (QED) is 0.419. The predicted octanol–water partition coefficient (Wildman–Crippen LogP) is 3.33. The number of aryl methyl sites for hydroxylation is 1. The number of hydrogen-bond acceptors (Lipinski definition) is 8. The Morgan fingerprint density at radius 3 is 2.64 bits per heavy atom. The lowest BCUT2D eigenvalue weighted by molar-refractivity contribution is -0.142. The van der Waals surface area contributed by atoms with Crippen molar-refractivity contribution in [3.63, 3.8) is 0 Å². The molecular weight excluding hydrogens is 382 g/mol. The predicted molar refractivity (Wildman–Crippen MR) is 103 cm³/mol. The van der Waals surface area contributed by atoms with E-state index in [1.807, 2.05) is 19.1 Å². The van der Waals surface area contributed by atoms with Crippen LogP contribution in [0, 0.1) is 6.92 Å². The Hall–Kier alpha value is -3.07. The molecular formula is C19H19N3O5S. The van der Waals surface area contributed by atoms with Crippen molar-refractivity contribution >= 4 is 29.3 Å². The Kier molecular flexibility index (Phi) is 6.49. The molecule has 28 heavy (non-hydrogen) atoms. The van der Waals surface area contributed by atoms with E-state index in [4.69, 9.17) is 13.6 Å². The normalized spacial score (nSPS) is 10.6. The van der Waals surface area contributed by atoms with Gasteiger partial charge in [-0.15, -0.1) is 10.2 Å². The molecule has 3 rings (SSSR count). The molecule has 0 aliphatic rings. The van der Waals surface area contributed by atoms with Crippen LogP contribution in [-0.2, 0) is 14.3 Å². The van der Waals surface area contributed by atoms with Crippen molar-refractivity contribution in [1.82, 2.24) is 10.2 Å². The van der Waals surface area contributed by atoms with E-state index >= 15 is 0 Å². The van der Waals surface area contributed by atoms with Crippen molar-refractivity contribution in [2.75, 3.05) is 23.8 Å². The van der Waals surface area contributed by atoms with E-state index in [0.717, 1.165) is 17.3 Å². The molecule has 1 amide bonds. The topological polar surface area (TPSA) is 98.7 Å². The number of esters is 1. The molecule has 0 atom stereocenters. The summed E-state index contributed by atoms with van der Waals surface area (Å²) in [5.41, 5.74) is 1.67. The van der Waals surface area contributed by atoms with E-state index < -0.39 is 5.97 Å². The molecule has 146 valence electrons. The second-order valence-electron chi connectivity index (χ2n) is 5.76. The Morgan fingerprint density at radius 2 is 1.96 bits per heavy atom. The number of hydrogen-bond donors (Lipinski definition) is 0. The number of benzene rings is 1.